The third-order valence-corrected chi connectivity index (χ3v) is 4.84. The number of rotatable bonds is 4. The molecule has 4 heteroatoms. The molecule has 0 bridgehead atoms. The zero-order valence-corrected chi connectivity index (χ0v) is 12.4. The van der Waals surface area contributed by atoms with E-state index in [2.05, 4.69) is 22.9 Å². The van der Waals surface area contributed by atoms with Gasteiger partial charge in [0.1, 0.15) is 11.9 Å². The Morgan fingerprint density at radius 2 is 2.39 bits per heavy atom. The Balaban J connectivity index is 2.20. The third-order valence-electron chi connectivity index (χ3n) is 4.41. The summed E-state index contributed by atoms with van der Waals surface area (Å²) < 4.78 is 6.16. The van der Waals surface area contributed by atoms with Crippen molar-refractivity contribution in [1.82, 2.24) is 0 Å². The molecule has 1 saturated carbocycles. The summed E-state index contributed by atoms with van der Waals surface area (Å²) >= 11 is 3.28. The standard InChI is InChI=1S/C14H22BrNO2/c1-2-10-4-3-7-14(8-10,9-16)13(17)11-5-6-12(15)18-11/h5-6,10,13,17H,2-4,7-9,16H2,1H3. The lowest BCUT2D eigenvalue weighted by Crippen LogP contribution is -2.40. The second kappa shape index (κ2) is 5.76. The van der Waals surface area contributed by atoms with Crippen molar-refractivity contribution in [2.75, 3.05) is 6.54 Å². The van der Waals surface area contributed by atoms with E-state index in [0.29, 0.717) is 22.9 Å². The van der Waals surface area contributed by atoms with E-state index in [0.717, 1.165) is 25.7 Å². The lowest BCUT2D eigenvalue weighted by Gasteiger charge is -2.42. The van der Waals surface area contributed by atoms with Crippen molar-refractivity contribution in [3.05, 3.63) is 22.6 Å². The molecule has 1 aromatic rings. The molecule has 1 aromatic heterocycles. The fraction of sp³-hybridized carbons (Fsp3) is 0.714. The summed E-state index contributed by atoms with van der Waals surface area (Å²) in [4.78, 5) is 0. The fourth-order valence-corrected chi connectivity index (χ4v) is 3.51. The van der Waals surface area contributed by atoms with E-state index >= 15 is 0 Å². The summed E-state index contributed by atoms with van der Waals surface area (Å²) in [6.07, 6.45) is 4.96. The monoisotopic (exact) mass is 315 g/mol. The summed E-state index contributed by atoms with van der Waals surface area (Å²) in [7, 11) is 0. The fourth-order valence-electron chi connectivity index (χ4n) is 3.19. The molecule has 3 nitrogen and oxygen atoms in total. The second-order valence-corrected chi connectivity index (χ2v) is 6.26. The molecule has 2 rings (SSSR count). The van der Waals surface area contributed by atoms with Crippen molar-refractivity contribution in [3.63, 3.8) is 0 Å². The molecule has 3 atom stereocenters. The van der Waals surface area contributed by atoms with Crippen LogP contribution in [0, 0.1) is 11.3 Å². The molecule has 0 amide bonds. The Labute approximate surface area is 117 Å². The van der Waals surface area contributed by atoms with Crippen LogP contribution >= 0.6 is 15.9 Å². The van der Waals surface area contributed by atoms with Crippen molar-refractivity contribution >= 4 is 15.9 Å². The van der Waals surface area contributed by atoms with E-state index in [-0.39, 0.29) is 5.41 Å². The first-order valence-electron chi connectivity index (χ1n) is 6.74. The predicted molar refractivity (Wildman–Crippen MR) is 75.1 cm³/mol. The molecule has 0 aromatic carbocycles. The van der Waals surface area contributed by atoms with E-state index in [1.165, 1.54) is 6.42 Å². The molecule has 1 heterocycles. The Bertz CT molecular complexity index is 393. The maximum Gasteiger partial charge on any atom is 0.169 e. The summed E-state index contributed by atoms with van der Waals surface area (Å²) in [6.45, 7) is 2.73. The van der Waals surface area contributed by atoms with E-state index in [1.54, 1.807) is 0 Å². The highest BCUT2D eigenvalue weighted by Gasteiger charge is 2.42. The molecule has 3 unspecified atom stereocenters. The van der Waals surface area contributed by atoms with Crippen molar-refractivity contribution in [2.45, 2.75) is 45.1 Å². The third kappa shape index (κ3) is 2.65. The first-order valence-corrected chi connectivity index (χ1v) is 7.54. The zero-order chi connectivity index (χ0) is 13.2. The van der Waals surface area contributed by atoms with Gasteiger partial charge in [-0.15, -0.1) is 0 Å². The number of hydrogen-bond donors (Lipinski definition) is 2. The van der Waals surface area contributed by atoms with Gasteiger partial charge in [-0.25, -0.2) is 0 Å². The van der Waals surface area contributed by atoms with Crippen LogP contribution in [0.5, 0.6) is 0 Å². The van der Waals surface area contributed by atoms with Crippen molar-refractivity contribution in [2.24, 2.45) is 17.1 Å². The number of hydrogen-bond acceptors (Lipinski definition) is 3. The number of aliphatic hydroxyl groups is 1. The van der Waals surface area contributed by atoms with Crippen LogP contribution in [-0.2, 0) is 0 Å². The maximum atomic E-state index is 10.6. The topological polar surface area (TPSA) is 59.4 Å². The van der Waals surface area contributed by atoms with Crippen molar-refractivity contribution < 1.29 is 9.52 Å². The van der Waals surface area contributed by atoms with Gasteiger partial charge in [0.05, 0.1) is 0 Å². The van der Waals surface area contributed by atoms with E-state index in [1.807, 2.05) is 12.1 Å². The zero-order valence-electron chi connectivity index (χ0n) is 10.9. The Morgan fingerprint density at radius 3 is 2.94 bits per heavy atom. The van der Waals surface area contributed by atoms with E-state index in [9.17, 15) is 5.11 Å². The average Bonchev–Trinajstić information content (AvgIpc) is 2.84. The summed E-state index contributed by atoms with van der Waals surface area (Å²) in [5, 5.41) is 10.6. The van der Waals surface area contributed by atoms with Crippen LogP contribution in [0.4, 0.5) is 0 Å². The molecule has 0 saturated heterocycles. The van der Waals surface area contributed by atoms with Crippen molar-refractivity contribution in [3.8, 4) is 0 Å². The van der Waals surface area contributed by atoms with Gasteiger partial charge in [-0.3, -0.25) is 0 Å². The highest BCUT2D eigenvalue weighted by Crippen LogP contribution is 2.48. The van der Waals surface area contributed by atoms with Crippen LogP contribution in [-0.4, -0.2) is 11.7 Å². The molecule has 1 fully saturated rings. The summed E-state index contributed by atoms with van der Waals surface area (Å²) in [5.74, 6) is 1.31. The minimum atomic E-state index is -0.594. The first kappa shape index (κ1) is 14.1. The molecule has 18 heavy (non-hydrogen) atoms. The normalized spacial score (nSPS) is 30.3. The van der Waals surface area contributed by atoms with Crippen molar-refractivity contribution in [1.29, 1.82) is 0 Å². The SMILES string of the molecule is CCC1CCCC(CN)(C(O)c2ccc(Br)o2)C1. The smallest absolute Gasteiger partial charge is 0.169 e. The van der Waals surface area contributed by atoms with Gasteiger partial charge < -0.3 is 15.3 Å². The van der Waals surface area contributed by atoms with Crippen LogP contribution in [0.15, 0.2) is 21.2 Å². The van der Waals surface area contributed by atoms with Crippen LogP contribution in [0.2, 0.25) is 0 Å². The number of furan rings is 1. The van der Waals surface area contributed by atoms with Crippen LogP contribution in [0.25, 0.3) is 0 Å². The van der Waals surface area contributed by atoms with Gasteiger partial charge in [0.15, 0.2) is 4.67 Å². The Hall–Kier alpha value is -0.320. The number of aliphatic hydroxyl groups excluding tert-OH is 1. The van der Waals surface area contributed by atoms with Crippen LogP contribution < -0.4 is 5.73 Å². The maximum absolute atomic E-state index is 10.6. The minimum Gasteiger partial charge on any atom is -0.452 e. The van der Waals surface area contributed by atoms with Gasteiger partial charge in [-0.1, -0.05) is 26.2 Å². The molecule has 1 aliphatic rings. The van der Waals surface area contributed by atoms with Gasteiger partial charge in [0.2, 0.25) is 0 Å². The summed E-state index contributed by atoms with van der Waals surface area (Å²) in [5.41, 5.74) is 5.77. The molecular weight excluding hydrogens is 294 g/mol. The van der Waals surface area contributed by atoms with E-state index in [4.69, 9.17) is 10.2 Å². The van der Waals surface area contributed by atoms with E-state index < -0.39 is 6.10 Å². The molecular formula is C14H22BrNO2. The molecule has 1 aliphatic carbocycles. The first-order chi connectivity index (χ1) is 8.61. The number of nitrogens with two attached hydrogens (primary N) is 1. The van der Waals surface area contributed by atoms with Crippen LogP contribution in [0.3, 0.4) is 0 Å². The molecule has 0 radical (unpaired) electrons. The van der Waals surface area contributed by atoms with Gasteiger partial charge >= 0.3 is 0 Å². The Kier molecular flexibility index (Phi) is 4.51. The largest absolute Gasteiger partial charge is 0.452 e. The molecule has 0 spiro atoms. The van der Waals surface area contributed by atoms with Gasteiger partial charge in [0, 0.05) is 12.0 Å². The lowest BCUT2D eigenvalue weighted by molar-refractivity contribution is -0.0288. The second-order valence-electron chi connectivity index (χ2n) is 5.48. The average molecular weight is 316 g/mol. The predicted octanol–water partition coefficient (Wildman–Crippen LogP) is 3.62. The van der Waals surface area contributed by atoms with Gasteiger partial charge in [0.25, 0.3) is 0 Å². The van der Waals surface area contributed by atoms with Gasteiger partial charge in [-0.05, 0) is 46.8 Å². The number of halogens is 1. The molecule has 3 N–H and O–H groups in total. The summed E-state index contributed by atoms with van der Waals surface area (Å²) in [6, 6.07) is 3.66. The minimum absolute atomic E-state index is 0.212. The highest BCUT2D eigenvalue weighted by molar-refractivity contribution is 9.10. The van der Waals surface area contributed by atoms with Gasteiger partial charge in [-0.2, -0.15) is 0 Å². The van der Waals surface area contributed by atoms with Crippen LogP contribution in [0.1, 0.15) is 50.9 Å². The Morgan fingerprint density at radius 1 is 1.61 bits per heavy atom. The lowest BCUT2D eigenvalue weighted by atomic mass is 9.65. The quantitative estimate of drug-likeness (QED) is 0.892. The molecule has 0 aliphatic heterocycles. The highest BCUT2D eigenvalue weighted by atomic mass is 79.9. The molecule has 102 valence electrons.